The number of methoxy groups -OCH3 is 2. The van der Waals surface area contributed by atoms with Crippen molar-refractivity contribution in [2.45, 2.75) is 81.6 Å². The summed E-state index contributed by atoms with van der Waals surface area (Å²) >= 11 is 4.42. The number of amides is 2. The molecule has 684 valence electrons. The summed E-state index contributed by atoms with van der Waals surface area (Å²) in [5.41, 5.74) is 24.1. The number of aliphatic imine (C=N–C) groups is 1. The summed E-state index contributed by atoms with van der Waals surface area (Å²) in [6.45, 7) is 18.5. The van der Waals surface area contributed by atoms with E-state index in [1.165, 1.54) is 95.0 Å². The molecule has 0 atom stereocenters. The van der Waals surface area contributed by atoms with Gasteiger partial charge in [0.1, 0.15) is 40.6 Å². The van der Waals surface area contributed by atoms with Gasteiger partial charge in [0, 0.05) is 102 Å². The normalized spacial score (nSPS) is 11.2. The number of fused-ring (bicyclic) bond motifs is 4. The molecule has 8 heterocycles. The maximum Gasteiger partial charge on any atom is 0.269 e. The number of aromatic nitrogens is 7. The third kappa shape index (κ3) is 25.7. The van der Waals surface area contributed by atoms with Gasteiger partial charge >= 0.3 is 0 Å². The van der Waals surface area contributed by atoms with Crippen molar-refractivity contribution in [3.05, 3.63) is 426 Å². The van der Waals surface area contributed by atoms with Crippen LogP contribution in [-0.2, 0) is 12.8 Å². The van der Waals surface area contributed by atoms with Crippen molar-refractivity contribution in [3.63, 3.8) is 0 Å². The maximum atomic E-state index is 12.4. The molecule has 0 unspecified atom stereocenters. The van der Waals surface area contributed by atoms with Crippen LogP contribution in [0.3, 0.4) is 0 Å². The Balaban J connectivity index is 0.000000126. The van der Waals surface area contributed by atoms with Crippen molar-refractivity contribution in [1.82, 2.24) is 40.2 Å². The Morgan fingerprint density at radius 3 is 1.35 bits per heavy atom. The number of amidine groups is 1. The van der Waals surface area contributed by atoms with Gasteiger partial charge in [-0.2, -0.15) is 0 Å². The lowest BCUT2D eigenvalue weighted by atomic mass is 10.1. The van der Waals surface area contributed by atoms with Crippen LogP contribution in [0.15, 0.2) is 349 Å². The third-order valence-electron chi connectivity index (χ3n) is 22.2. The van der Waals surface area contributed by atoms with Gasteiger partial charge in [-0.05, 0) is 240 Å². The molecule has 0 saturated heterocycles. The van der Waals surface area contributed by atoms with Crippen molar-refractivity contribution >= 4 is 169 Å². The van der Waals surface area contributed by atoms with E-state index < -0.39 is 4.92 Å². The number of benzene rings is 12. The smallest absolute Gasteiger partial charge is 0.269 e. The number of aryl methyl sites for hydroxylation is 8. The highest BCUT2D eigenvalue weighted by Gasteiger charge is 2.23. The first kappa shape index (κ1) is 95.1. The van der Waals surface area contributed by atoms with E-state index in [-0.39, 0.29) is 17.5 Å². The number of rotatable bonds is 21. The molecule has 137 heavy (non-hydrogen) atoms. The van der Waals surface area contributed by atoms with Gasteiger partial charge in [-0.25, -0.2) is 39.9 Å². The fourth-order valence-corrected chi connectivity index (χ4v) is 17.7. The summed E-state index contributed by atoms with van der Waals surface area (Å²) in [6.07, 6.45) is 2.09. The largest absolute Gasteiger partial charge is 0.496 e. The van der Waals surface area contributed by atoms with Gasteiger partial charge in [-0.3, -0.25) is 25.0 Å². The Morgan fingerprint density at radius 2 is 0.847 bits per heavy atom. The lowest BCUT2D eigenvalue weighted by molar-refractivity contribution is -0.384. The van der Waals surface area contributed by atoms with Gasteiger partial charge in [0.25, 0.3) is 17.5 Å². The van der Waals surface area contributed by atoms with Crippen LogP contribution in [0.25, 0.3) is 59.8 Å². The number of hydrogen-bond acceptors (Lipinski definition) is 22. The first-order valence-electron chi connectivity index (χ1n) is 44.5. The fourth-order valence-electron chi connectivity index (χ4n) is 15.2. The number of nitro benzene ring substituents is 1. The average Bonchev–Trinajstić information content (AvgIpc) is 1.79. The topological polar surface area (TPSA) is 283 Å². The first-order chi connectivity index (χ1) is 66.6. The zero-order valence-corrected chi connectivity index (χ0v) is 80.1. The van der Waals surface area contributed by atoms with Crippen LogP contribution >= 0.6 is 34.0 Å². The van der Waals surface area contributed by atoms with Crippen LogP contribution < -0.4 is 46.7 Å². The molecular formula is C112H102N16O6S3. The molecule has 25 heteroatoms. The minimum atomic E-state index is -0.397. The van der Waals surface area contributed by atoms with Crippen LogP contribution in [0, 0.1) is 58.6 Å². The second-order valence-corrected chi connectivity index (χ2v) is 35.1. The standard InChI is InChI=1S/C22H18N4O3S.C21H18N4O2S2.C18H18N2O.C18H18N2.C17H16N2.C16H14N2/c1-14-18(12-20(23-14)25-22(27)16-7-3-2-4-8-16)19-13-30-21(24-19)11-15-6-5-9-17(10-15)26(28)29;1-13-18(29-21(22-13)25-19(26)14-8-4-3-5-9-14)16-12-28-20(24-16)23-15-10-6-7-11-17(15)27-2;1-12-11-18(20-16-7-5-4-6-15(12)16)19-14-8-9-17(21-3)13(2)10-14;1-3-14-8-10-15(11-9-14)19-18-12-13(2)16-6-4-5-7-17(16)20-18;1-12-7-9-14(10-8-12)18-17-11-13(2)15-5-3-4-6-16(15)19-17;1-12-11-16(17-13-7-3-2-4-8-13)18-15-10-6-5-9-14(12)15/h2-10,13H,11-12H2,1H3,(H,23,25,27);3-12H,1-2H3,(H,23,24)(H,22,25,26);4-11H,1-3H3,(H,19,20);4-12H,3H2,1-2H3,(H,19,20);3-11H,1-2H3,(H,18,19);2-11H,1H3,(H,17,18). The van der Waals surface area contributed by atoms with Gasteiger partial charge in [0.2, 0.25) is 0 Å². The number of nitrogens with one attached hydrogen (secondary N) is 7. The Labute approximate surface area is 808 Å². The molecule has 0 bridgehead atoms. The highest BCUT2D eigenvalue weighted by Crippen LogP contribution is 2.39. The highest BCUT2D eigenvalue weighted by molar-refractivity contribution is 7.20. The van der Waals surface area contributed by atoms with E-state index in [1.54, 1.807) is 50.6 Å². The first-order valence-corrected chi connectivity index (χ1v) is 47.1. The Hall–Kier alpha value is -16.5. The molecule has 22 nitrogen and oxygen atoms in total. The molecule has 20 rings (SSSR count). The molecule has 0 spiro atoms. The molecule has 1 aliphatic rings. The zero-order valence-electron chi connectivity index (χ0n) is 77.7. The SMILES string of the molecule is CC1=C(c2csc(Cc3cccc([N+](=O)[O-])c3)n2)CC(NC(=O)c2ccccc2)=N1.CCc1ccc(Nc2cc(C)c3ccccc3n2)cc1.COc1ccc(Nc2cc(C)c3ccccc3n2)cc1C.COc1ccccc1Nc1nc(-c2sc(NC(=O)c3ccccc3)nc2C)cs1.Cc1cc(Nc2ccccc2)nc2ccccc12.Cc1ccc(Nc2cc(C)c3ccccc3n2)cc1. The van der Waals surface area contributed by atoms with Gasteiger partial charge < -0.3 is 41.4 Å². The van der Waals surface area contributed by atoms with E-state index in [1.807, 2.05) is 214 Å². The molecule has 2 amide bonds. The Kier molecular flexibility index (Phi) is 31.8. The van der Waals surface area contributed by atoms with Crippen molar-refractivity contribution in [3.8, 4) is 22.1 Å². The molecule has 0 radical (unpaired) electrons. The number of allylic oxidation sites excluding steroid dienone is 1. The summed E-state index contributed by atoms with van der Waals surface area (Å²) in [5, 5.41) is 44.3. The number of nitrogens with zero attached hydrogens (tertiary/aromatic N) is 9. The predicted molar refractivity (Wildman–Crippen MR) is 565 cm³/mol. The van der Waals surface area contributed by atoms with E-state index in [9.17, 15) is 19.7 Å². The maximum absolute atomic E-state index is 12.4. The van der Waals surface area contributed by atoms with E-state index in [2.05, 4.69) is 222 Å². The van der Waals surface area contributed by atoms with Crippen LogP contribution in [0.5, 0.6) is 11.5 Å². The molecule has 0 aliphatic carbocycles. The number of para-hydroxylation sites is 7. The summed E-state index contributed by atoms with van der Waals surface area (Å²) in [4.78, 5) is 73.1. The lowest BCUT2D eigenvalue weighted by Gasteiger charge is -2.11. The molecule has 0 saturated carbocycles. The summed E-state index contributed by atoms with van der Waals surface area (Å²) in [6, 6.07) is 106. The van der Waals surface area contributed by atoms with Crippen LogP contribution in [-0.4, -0.2) is 71.7 Å². The molecule has 12 aromatic carbocycles. The Morgan fingerprint density at radius 1 is 0.394 bits per heavy atom. The quantitative estimate of drug-likeness (QED) is 0.0260. The van der Waals surface area contributed by atoms with Crippen molar-refractivity contribution in [1.29, 1.82) is 0 Å². The van der Waals surface area contributed by atoms with Gasteiger partial charge in [-0.15, -0.1) is 22.7 Å². The highest BCUT2D eigenvalue weighted by atomic mass is 32.1. The van der Waals surface area contributed by atoms with E-state index in [4.69, 9.17) is 9.47 Å². The monoisotopic (exact) mass is 1860 g/mol. The van der Waals surface area contributed by atoms with Crippen molar-refractivity contribution < 1.29 is 24.0 Å². The molecule has 1 aliphatic heterocycles. The number of thiazole rings is 3. The van der Waals surface area contributed by atoms with Crippen LogP contribution in [0.1, 0.15) is 102 Å². The lowest BCUT2D eigenvalue weighted by Crippen LogP contribution is -2.29. The van der Waals surface area contributed by atoms with Gasteiger partial charge in [0.15, 0.2) is 10.3 Å². The molecule has 19 aromatic rings. The van der Waals surface area contributed by atoms with E-state index in [0.717, 1.165) is 146 Å². The van der Waals surface area contributed by atoms with Crippen LogP contribution in [0.4, 0.5) is 67.7 Å². The van der Waals surface area contributed by atoms with Crippen molar-refractivity contribution in [2.24, 2.45) is 4.99 Å². The van der Waals surface area contributed by atoms with Gasteiger partial charge in [0.05, 0.1) is 73.9 Å². The number of anilines is 11. The number of non-ortho nitro benzene ring substituents is 1. The molecule has 0 fully saturated rings. The number of nitro groups is 1. The summed E-state index contributed by atoms with van der Waals surface area (Å²) in [5.74, 6) is 5.41. The predicted octanol–water partition coefficient (Wildman–Crippen LogP) is 28.5. The third-order valence-corrected chi connectivity index (χ3v) is 24.9. The fraction of sp³-hybridized carbons (Fsp3) is 0.125. The molecule has 7 aromatic heterocycles. The van der Waals surface area contributed by atoms with Crippen molar-refractivity contribution in [2.75, 3.05) is 46.1 Å². The summed E-state index contributed by atoms with van der Waals surface area (Å²) in [7, 11) is 3.32. The Bertz CT molecular complexity index is 7520. The molecular weight excluding hydrogens is 1760 g/mol. The molecule has 7 N–H and O–H groups in total. The second-order valence-electron chi connectivity index (χ2n) is 32.3. The number of carbonyl (C=O) groups is 2. The average molecular weight is 1860 g/mol. The van der Waals surface area contributed by atoms with E-state index in [0.29, 0.717) is 34.9 Å². The number of pyridine rings is 4. The minimum Gasteiger partial charge on any atom is -0.496 e. The minimum absolute atomic E-state index is 0.0748. The number of carbonyl (C=O) groups excluding carboxylic acids is 2. The second kappa shape index (κ2) is 45.8. The zero-order chi connectivity index (χ0) is 95.7. The van der Waals surface area contributed by atoms with Crippen LogP contribution in [0.2, 0.25) is 0 Å². The van der Waals surface area contributed by atoms with E-state index >= 15 is 0 Å². The summed E-state index contributed by atoms with van der Waals surface area (Å²) < 4.78 is 10.7. The number of ether oxygens (including phenoxy) is 2. The van der Waals surface area contributed by atoms with Gasteiger partial charge in [-0.1, -0.05) is 200 Å². The number of hydrogen-bond donors (Lipinski definition) is 7.